The lowest BCUT2D eigenvalue weighted by Crippen LogP contribution is -2.46. The quantitative estimate of drug-likeness (QED) is 0.674. The molecule has 1 heterocycles. The summed E-state index contributed by atoms with van der Waals surface area (Å²) < 4.78 is 1.49. The molecule has 0 aliphatic rings. The summed E-state index contributed by atoms with van der Waals surface area (Å²) in [6, 6.07) is -1.11. The highest BCUT2D eigenvalue weighted by molar-refractivity contribution is 5.87. The molecule has 1 amide bonds. The lowest BCUT2D eigenvalue weighted by molar-refractivity contribution is -0.143. The molecule has 1 aromatic heterocycles. The van der Waals surface area contributed by atoms with Gasteiger partial charge in [-0.2, -0.15) is 5.10 Å². The molecule has 7 heteroatoms. The Balaban J connectivity index is 2.92. The summed E-state index contributed by atoms with van der Waals surface area (Å²) >= 11 is 0. The normalized spacial score (nSPS) is 15.6. The first-order valence-corrected chi connectivity index (χ1v) is 6.06. The molecule has 2 atom stereocenters. The van der Waals surface area contributed by atoms with Crippen LogP contribution in [0.5, 0.6) is 0 Å². The van der Waals surface area contributed by atoms with Crippen molar-refractivity contribution in [1.29, 1.82) is 0 Å². The van der Waals surface area contributed by atoms with Crippen LogP contribution in [0.25, 0.3) is 0 Å². The maximum atomic E-state index is 12.1. The van der Waals surface area contributed by atoms with E-state index < -0.39 is 17.4 Å². The number of hydrogen-bond donors (Lipinski definition) is 3. The number of aliphatic carboxylic acids is 1. The summed E-state index contributed by atoms with van der Waals surface area (Å²) in [6.07, 6.45) is 3.52. The van der Waals surface area contributed by atoms with E-state index in [0.717, 1.165) is 0 Å². The Bertz CT molecular complexity index is 465. The number of rotatable bonds is 6. The summed E-state index contributed by atoms with van der Waals surface area (Å²) in [5.74, 6) is -1.49. The van der Waals surface area contributed by atoms with Crippen molar-refractivity contribution in [3.8, 4) is 0 Å². The molecule has 4 N–H and O–H groups in total. The van der Waals surface area contributed by atoms with Crippen LogP contribution in [0.15, 0.2) is 12.4 Å². The molecular weight excluding hydrogens is 248 g/mol. The van der Waals surface area contributed by atoms with Crippen LogP contribution in [-0.2, 0) is 16.6 Å². The number of hydrogen-bond acceptors (Lipinski definition) is 4. The fourth-order valence-corrected chi connectivity index (χ4v) is 1.58. The van der Waals surface area contributed by atoms with E-state index in [-0.39, 0.29) is 12.5 Å². The van der Waals surface area contributed by atoms with E-state index in [1.54, 1.807) is 20.2 Å². The summed E-state index contributed by atoms with van der Waals surface area (Å²) in [6.45, 7) is 3.71. The van der Waals surface area contributed by atoms with Gasteiger partial charge < -0.3 is 16.2 Å². The summed E-state index contributed by atoms with van der Waals surface area (Å²) in [7, 11) is 1.68. The minimum Gasteiger partial charge on any atom is -0.479 e. The van der Waals surface area contributed by atoms with E-state index in [1.165, 1.54) is 10.9 Å². The zero-order valence-corrected chi connectivity index (χ0v) is 11.4. The second kappa shape index (κ2) is 5.83. The van der Waals surface area contributed by atoms with Crippen molar-refractivity contribution in [3.05, 3.63) is 18.0 Å². The molecule has 1 rings (SSSR count). The Kier molecular flexibility index (Phi) is 4.66. The van der Waals surface area contributed by atoms with Crippen molar-refractivity contribution < 1.29 is 14.7 Å². The average molecular weight is 268 g/mol. The lowest BCUT2D eigenvalue weighted by atomic mass is 9.86. The van der Waals surface area contributed by atoms with Crippen molar-refractivity contribution in [2.45, 2.75) is 26.3 Å². The topological polar surface area (TPSA) is 110 Å². The first-order valence-electron chi connectivity index (χ1n) is 6.06. The van der Waals surface area contributed by atoms with Crippen LogP contribution in [0, 0.1) is 5.41 Å². The van der Waals surface area contributed by atoms with Crippen molar-refractivity contribution in [3.63, 3.8) is 0 Å². The van der Waals surface area contributed by atoms with Gasteiger partial charge in [-0.15, -0.1) is 0 Å². The van der Waals surface area contributed by atoms with Gasteiger partial charge in [0, 0.05) is 25.4 Å². The number of amides is 1. The van der Waals surface area contributed by atoms with E-state index in [1.807, 2.05) is 6.92 Å². The molecule has 0 bridgehead atoms. The van der Waals surface area contributed by atoms with E-state index in [4.69, 9.17) is 5.73 Å². The highest BCUT2D eigenvalue weighted by Crippen LogP contribution is 2.22. The highest BCUT2D eigenvalue weighted by atomic mass is 16.4. The number of carboxylic acids is 1. The van der Waals surface area contributed by atoms with E-state index in [2.05, 4.69) is 10.4 Å². The van der Waals surface area contributed by atoms with Crippen LogP contribution in [-0.4, -0.2) is 33.3 Å². The zero-order chi connectivity index (χ0) is 14.6. The van der Waals surface area contributed by atoms with Crippen molar-refractivity contribution in [1.82, 2.24) is 15.1 Å². The van der Waals surface area contributed by atoms with Crippen LogP contribution in [0.4, 0.5) is 0 Å². The van der Waals surface area contributed by atoms with Gasteiger partial charge >= 0.3 is 5.97 Å². The van der Waals surface area contributed by atoms with E-state index in [0.29, 0.717) is 12.0 Å². The number of aryl methyl sites for hydroxylation is 1. The third kappa shape index (κ3) is 3.31. The van der Waals surface area contributed by atoms with Gasteiger partial charge in [0.1, 0.15) is 0 Å². The molecule has 0 aliphatic carbocycles. The van der Waals surface area contributed by atoms with Crippen molar-refractivity contribution in [2.24, 2.45) is 18.2 Å². The Hall–Kier alpha value is -1.89. The van der Waals surface area contributed by atoms with Gasteiger partial charge in [0.15, 0.2) is 6.04 Å². The smallest absolute Gasteiger partial charge is 0.331 e. The number of aromatic nitrogens is 2. The minimum absolute atomic E-state index is 0.161. The zero-order valence-electron chi connectivity index (χ0n) is 11.4. The monoisotopic (exact) mass is 268 g/mol. The maximum absolute atomic E-state index is 12.1. The van der Waals surface area contributed by atoms with Crippen molar-refractivity contribution in [2.75, 3.05) is 6.54 Å². The van der Waals surface area contributed by atoms with Crippen LogP contribution in [0.2, 0.25) is 0 Å². The van der Waals surface area contributed by atoms with Gasteiger partial charge in [-0.1, -0.05) is 6.92 Å². The highest BCUT2D eigenvalue weighted by Gasteiger charge is 2.33. The minimum atomic E-state index is -1.13. The van der Waals surface area contributed by atoms with Crippen LogP contribution in [0.1, 0.15) is 31.9 Å². The summed E-state index contributed by atoms with van der Waals surface area (Å²) in [5, 5.41) is 15.6. The molecule has 2 unspecified atom stereocenters. The number of carbonyl (C=O) groups excluding carboxylic acids is 1. The van der Waals surface area contributed by atoms with Crippen LogP contribution >= 0.6 is 0 Å². The first-order chi connectivity index (χ1) is 8.84. The largest absolute Gasteiger partial charge is 0.479 e. The Labute approximate surface area is 111 Å². The molecule has 0 fully saturated rings. The van der Waals surface area contributed by atoms with Crippen LogP contribution in [0.3, 0.4) is 0 Å². The molecule has 19 heavy (non-hydrogen) atoms. The summed E-state index contributed by atoms with van der Waals surface area (Å²) in [4.78, 5) is 23.4. The van der Waals surface area contributed by atoms with Gasteiger partial charge in [0.05, 0.1) is 11.6 Å². The van der Waals surface area contributed by atoms with Gasteiger partial charge in [-0.05, 0) is 13.3 Å². The van der Waals surface area contributed by atoms with Gasteiger partial charge in [-0.3, -0.25) is 9.48 Å². The standard InChI is InChI=1S/C12H20N4O3/c1-4-12(2,7-13)11(19)15-9(10(17)18)8-5-14-16(3)6-8/h5-6,9H,4,7,13H2,1-3H3,(H,15,19)(H,17,18). The Morgan fingerprint density at radius 2 is 2.26 bits per heavy atom. The van der Waals surface area contributed by atoms with Gasteiger partial charge in [0.25, 0.3) is 0 Å². The number of carboxylic acid groups (broad SMARTS) is 1. The Morgan fingerprint density at radius 1 is 1.63 bits per heavy atom. The fourth-order valence-electron chi connectivity index (χ4n) is 1.58. The third-order valence-corrected chi connectivity index (χ3v) is 3.36. The molecule has 0 saturated heterocycles. The molecule has 0 radical (unpaired) electrons. The van der Waals surface area contributed by atoms with Crippen molar-refractivity contribution >= 4 is 11.9 Å². The number of nitrogens with two attached hydrogens (primary N) is 1. The maximum Gasteiger partial charge on any atom is 0.331 e. The SMILES string of the molecule is CCC(C)(CN)C(=O)NC(C(=O)O)c1cnn(C)c1. The molecule has 0 aliphatic heterocycles. The first kappa shape index (κ1) is 15.2. The molecule has 0 aromatic carbocycles. The molecule has 0 saturated carbocycles. The molecule has 0 spiro atoms. The molecule has 7 nitrogen and oxygen atoms in total. The Morgan fingerprint density at radius 3 is 2.63 bits per heavy atom. The van der Waals surface area contributed by atoms with Crippen LogP contribution < -0.4 is 11.1 Å². The second-order valence-electron chi connectivity index (χ2n) is 4.81. The third-order valence-electron chi connectivity index (χ3n) is 3.36. The molecule has 106 valence electrons. The fraction of sp³-hybridized carbons (Fsp3) is 0.583. The molecule has 1 aromatic rings. The van der Waals surface area contributed by atoms with E-state index in [9.17, 15) is 14.7 Å². The predicted octanol–water partition coefficient (Wildman–Crippen LogP) is 0.0370. The number of nitrogens with zero attached hydrogens (tertiary/aromatic N) is 2. The number of nitrogens with one attached hydrogen (secondary N) is 1. The summed E-state index contributed by atoms with van der Waals surface area (Å²) in [5.41, 5.74) is 5.25. The second-order valence-corrected chi connectivity index (χ2v) is 4.81. The lowest BCUT2D eigenvalue weighted by Gasteiger charge is -2.26. The van der Waals surface area contributed by atoms with Gasteiger partial charge in [-0.25, -0.2) is 4.79 Å². The van der Waals surface area contributed by atoms with E-state index >= 15 is 0 Å². The molecular formula is C12H20N4O3. The van der Waals surface area contributed by atoms with Gasteiger partial charge in [0.2, 0.25) is 5.91 Å². The number of carbonyl (C=O) groups is 2. The predicted molar refractivity (Wildman–Crippen MR) is 69.2 cm³/mol. The average Bonchev–Trinajstić information content (AvgIpc) is 2.80.